The van der Waals surface area contributed by atoms with Gasteiger partial charge in [-0.05, 0) is 60.2 Å². The minimum Gasteiger partial charge on any atom is -0.422 e. The van der Waals surface area contributed by atoms with E-state index in [4.69, 9.17) is 23.0 Å². The Morgan fingerprint density at radius 2 is 1.28 bits per heavy atom. The summed E-state index contributed by atoms with van der Waals surface area (Å²) in [6.45, 7) is 16.6. The van der Waals surface area contributed by atoms with Gasteiger partial charge in [0.25, 0.3) is 0 Å². The number of hydrogen-bond acceptors (Lipinski definition) is 6. The molecule has 2 heterocycles. The number of hydrogen-bond donors (Lipinski definition) is 0. The van der Waals surface area contributed by atoms with Crippen molar-refractivity contribution >= 4 is 22.5 Å². The summed E-state index contributed by atoms with van der Waals surface area (Å²) >= 11 is 0. The lowest BCUT2D eigenvalue weighted by molar-refractivity contribution is 0.118. The molecule has 1 fully saturated rings. The summed E-state index contributed by atoms with van der Waals surface area (Å²) in [7, 11) is -3.95. The molecule has 236 valence electrons. The molecule has 43 heavy (non-hydrogen) atoms. The van der Waals surface area contributed by atoms with Crippen LogP contribution in [-0.2, 0) is 20.0 Å². The van der Waals surface area contributed by atoms with Gasteiger partial charge in [0, 0.05) is 13.1 Å². The fraction of sp³-hybridized carbons (Fsp3) is 0.571. The molecule has 0 spiro atoms. The van der Waals surface area contributed by atoms with Gasteiger partial charge in [-0.3, -0.25) is 0 Å². The van der Waals surface area contributed by atoms with E-state index in [1.54, 1.807) is 0 Å². The van der Waals surface area contributed by atoms with Crippen LogP contribution in [0.25, 0.3) is 0 Å². The first-order valence-electron chi connectivity index (χ1n) is 16.7. The number of benzene rings is 2. The van der Waals surface area contributed by atoms with Crippen molar-refractivity contribution in [2.75, 3.05) is 31.2 Å². The zero-order valence-electron chi connectivity index (χ0n) is 27.4. The topological polar surface area (TPSA) is 57.0 Å². The zero-order chi connectivity index (χ0) is 30.7. The largest absolute Gasteiger partial charge is 0.422 e. The molecular weight excluding hydrogens is 569 g/mol. The van der Waals surface area contributed by atoms with Gasteiger partial charge < -0.3 is 22.9 Å². The first kappa shape index (κ1) is 33.7. The maximum Gasteiger partial charge on any atom is 0.225 e. The van der Waals surface area contributed by atoms with Gasteiger partial charge in [0.05, 0.1) is 13.2 Å². The van der Waals surface area contributed by atoms with Gasteiger partial charge in [0.15, 0.2) is 16.6 Å². The lowest BCUT2D eigenvalue weighted by Gasteiger charge is -2.34. The molecule has 2 aromatic carbocycles. The molecule has 0 saturated carbocycles. The molecule has 0 N–H and O–H groups in total. The van der Waals surface area contributed by atoms with Crippen LogP contribution in [0.1, 0.15) is 82.9 Å². The molecule has 1 aliphatic heterocycles. The normalized spacial score (nSPS) is 15.9. The Balaban J connectivity index is 1.83. The number of anilines is 1. The van der Waals surface area contributed by atoms with Crippen molar-refractivity contribution in [3.63, 3.8) is 0 Å². The molecule has 8 heteroatoms. The zero-order valence-corrected chi connectivity index (χ0v) is 29.4. The summed E-state index contributed by atoms with van der Waals surface area (Å²) in [5.41, 5.74) is 3.33. The number of oxazole rings is 1. The Morgan fingerprint density at radius 3 is 1.84 bits per heavy atom. The van der Waals surface area contributed by atoms with E-state index in [0.29, 0.717) is 19.1 Å². The SMILES string of the molecule is CC[Si](CC)(CC)OC(CCc1ccccc1)c1nc(C(O[Si](CC)(CC)CC)c2ccccc2)c(N2CCOCC2)o1. The van der Waals surface area contributed by atoms with Gasteiger partial charge >= 0.3 is 0 Å². The first-order chi connectivity index (χ1) is 21.0. The van der Waals surface area contributed by atoms with Crippen LogP contribution in [0.3, 0.4) is 0 Å². The second-order valence-electron chi connectivity index (χ2n) is 11.9. The van der Waals surface area contributed by atoms with Gasteiger partial charge in [-0.15, -0.1) is 0 Å². The molecule has 0 aliphatic carbocycles. The van der Waals surface area contributed by atoms with E-state index in [9.17, 15) is 0 Å². The number of ether oxygens (including phenoxy) is 1. The first-order valence-corrected chi connectivity index (χ1v) is 21.8. The summed E-state index contributed by atoms with van der Waals surface area (Å²) in [5.74, 6) is 1.52. The molecule has 2 atom stereocenters. The van der Waals surface area contributed by atoms with Gasteiger partial charge in [-0.25, -0.2) is 4.98 Å². The van der Waals surface area contributed by atoms with Crippen LogP contribution in [0, 0.1) is 0 Å². The highest BCUT2D eigenvalue weighted by atomic mass is 28.4. The van der Waals surface area contributed by atoms with Gasteiger partial charge in [-0.2, -0.15) is 0 Å². The van der Waals surface area contributed by atoms with Crippen LogP contribution in [-0.4, -0.2) is 47.9 Å². The van der Waals surface area contributed by atoms with E-state index in [2.05, 4.69) is 107 Å². The molecule has 0 bridgehead atoms. The Labute approximate surface area is 262 Å². The van der Waals surface area contributed by atoms with Crippen molar-refractivity contribution in [1.82, 2.24) is 4.98 Å². The molecule has 1 saturated heterocycles. The summed E-state index contributed by atoms with van der Waals surface area (Å²) in [4.78, 5) is 7.70. The predicted molar refractivity (Wildman–Crippen MR) is 182 cm³/mol. The monoisotopic (exact) mass is 622 g/mol. The molecule has 1 aromatic heterocycles. The lowest BCUT2D eigenvalue weighted by Crippen LogP contribution is -2.39. The van der Waals surface area contributed by atoms with Crippen molar-refractivity contribution in [2.24, 2.45) is 0 Å². The van der Waals surface area contributed by atoms with Crippen LogP contribution in [0.2, 0.25) is 36.3 Å². The fourth-order valence-electron chi connectivity index (χ4n) is 6.28. The number of aryl methyl sites for hydroxylation is 1. The van der Waals surface area contributed by atoms with Crippen LogP contribution in [0.5, 0.6) is 0 Å². The summed E-state index contributed by atoms with van der Waals surface area (Å²) in [6.07, 6.45) is 1.24. The Morgan fingerprint density at radius 1 is 0.744 bits per heavy atom. The highest BCUT2D eigenvalue weighted by Crippen LogP contribution is 2.42. The summed E-state index contributed by atoms with van der Waals surface area (Å²) in [6, 6.07) is 27.8. The second kappa shape index (κ2) is 16.2. The maximum absolute atomic E-state index is 7.30. The third-order valence-electron chi connectivity index (χ3n) is 9.74. The van der Waals surface area contributed by atoms with Crippen molar-refractivity contribution in [3.05, 3.63) is 83.4 Å². The molecule has 0 radical (unpaired) electrons. The Hall–Kier alpha value is -2.24. The molecule has 6 nitrogen and oxygen atoms in total. The van der Waals surface area contributed by atoms with Crippen molar-refractivity contribution < 1.29 is 18.0 Å². The minimum absolute atomic E-state index is 0.206. The van der Waals surface area contributed by atoms with E-state index in [1.165, 1.54) is 5.56 Å². The van der Waals surface area contributed by atoms with E-state index in [1.807, 2.05) is 0 Å². The average Bonchev–Trinajstić information content (AvgIpc) is 3.52. The Bertz CT molecular complexity index is 1190. The Kier molecular flexibility index (Phi) is 12.7. The molecule has 0 amide bonds. The smallest absolute Gasteiger partial charge is 0.225 e. The van der Waals surface area contributed by atoms with E-state index in [-0.39, 0.29) is 12.2 Å². The molecule has 2 unspecified atom stereocenters. The minimum atomic E-state index is -2.00. The van der Waals surface area contributed by atoms with Crippen molar-refractivity contribution in [1.29, 1.82) is 0 Å². The second-order valence-corrected chi connectivity index (χ2v) is 21.3. The average molecular weight is 623 g/mol. The van der Waals surface area contributed by atoms with Gasteiger partial charge in [0.2, 0.25) is 11.8 Å². The van der Waals surface area contributed by atoms with Crippen LogP contribution in [0.15, 0.2) is 65.1 Å². The maximum atomic E-state index is 7.30. The van der Waals surface area contributed by atoms with Crippen LogP contribution in [0.4, 0.5) is 5.88 Å². The standard InChI is InChI=1S/C35H54N2O4Si2/c1-7-42(8-2,9-3)40-31(24-23-29-19-15-13-16-20-29)34-36-32(35(39-34)37-25-27-38-28-26-37)33(30-21-17-14-18-22-30)41-43(10-4,11-5)12-6/h13-22,31,33H,7-12,23-28H2,1-6H3. The molecule has 1 aliphatic rings. The van der Waals surface area contributed by atoms with Gasteiger partial charge in [-0.1, -0.05) is 102 Å². The lowest BCUT2D eigenvalue weighted by atomic mass is 10.1. The third-order valence-corrected chi connectivity index (χ3v) is 19.0. The number of morpholine rings is 1. The third kappa shape index (κ3) is 8.28. The quantitative estimate of drug-likeness (QED) is 0.140. The highest BCUT2D eigenvalue weighted by molar-refractivity contribution is 6.74. The molecule has 3 aromatic rings. The highest BCUT2D eigenvalue weighted by Gasteiger charge is 2.39. The van der Waals surface area contributed by atoms with E-state index < -0.39 is 16.6 Å². The van der Waals surface area contributed by atoms with Crippen LogP contribution < -0.4 is 4.90 Å². The van der Waals surface area contributed by atoms with Gasteiger partial charge in [0.1, 0.15) is 17.9 Å². The van der Waals surface area contributed by atoms with Crippen molar-refractivity contribution in [2.45, 2.75) is 103 Å². The van der Waals surface area contributed by atoms with Crippen LogP contribution >= 0.6 is 0 Å². The number of aromatic nitrogens is 1. The molecular formula is C35H54N2O4Si2. The molecule has 4 rings (SSSR count). The number of nitrogens with zero attached hydrogens (tertiary/aromatic N) is 2. The fourth-order valence-corrected chi connectivity index (χ4v) is 11.8. The van der Waals surface area contributed by atoms with E-state index >= 15 is 0 Å². The summed E-state index contributed by atoms with van der Waals surface area (Å²) < 4.78 is 27.1. The summed E-state index contributed by atoms with van der Waals surface area (Å²) in [5, 5.41) is 0. The van der Waals surface area contributed by atoms with E-state index in [0.717, 1.165) is 79.3 Å². The van der Waals surface area contributed by atoms with Crippen molar-refractivity contribution in [3.8, 4) is 0 Å². The predicted octanol–water partition coefficient (Wildman–Crippen LogP) is 9.32. The number of rotatable bonds is 17.